The lowest BCUT2D eigenvalue weighted by molar-refractivity contribution is -0.384. The molecule has 0 saturated carbocycles. The maximum absolute atomic E-state index is 14.3. The van der Waals surface area contributed by atoms with Gasteiger partial charge >= 0.3 is 17.8 Å². The van der Waals surface area contributed by atoms with E-state index in [0.717, 1.165) is 36.5 Å². The Balaban J connectivity index is 2.01. The van der Waals surface area contributed by atoms with Gasteiger partial charge in [-0.2, -0.15) is 13.2 Å². The summed E-state index contributed by atoms with van der Waals surface area (Å²) in [4.78, 5) is 38.3. The molecule has 0 aliphatic rings. The number of carbonyl (C=O) groups excluding carboxylic acids is 2. The third-order valence-corrected chi connectivity index (χ3v) is 8.21. The van der Waals surface area contributed by atoms with Crippen LogP contribution in [0.3, 0.4) is 0 Å². The number of carbonyl (C=O) groups is 2. The predicted octanol–water partition coefficient (Wildman–Crippen LogP) is 3.81. The van der Waals surface area contributed by atoms with E-state index in [4.69, 9.17) is 11.6 Å². The highest BCUT2D eigenvalue weighted by atomic mass is 35.5. The van der Waals surface area contributed by atoms with Crippen LogP contribution in [0.25, 0.3) is 0 Å². The number of thiazole rings is 1. The molecule has 1 atom stereocenters. The van der Waals surface area contributed by atoms with Crippen LogP contribution in [0.5, 0.6) is 0 Å². The van der Waals surface area contributed by atoms with E-state index in [1.54, 1.807) is 10.6 Å². The van der Waals surface area contributed by atoms with Crippen LogP contribution >= 0.6 is 22.9 Å². The number of ether oxygens (including phenoxy) is 1. The van der Waals surface area contributed by atoms with Crippen LogP contribution in [-0.4, -0.2) is 49.2 Å². The van der Waals surface area contributed by atoms with Crippen molar-refractivity contribution in [2.45, 2.75) is 20.9 Å². The van der Waals surface area contributed by atoms with Gasteiger partial charge in [0.25, 0.3) is 11.6 Å². The first-order valence-electron chi connectivity index (χ1n) is 9.68. The number of rotatable bonds is 8. The van der Waals surface area contributed by atoms with Crippen LogP contribution in [0.15, 0.2) is 63.8 Å². The van der Waals surface area contributed by atoms with Crippen molar-refractivity contribution in [3.63, 3.8) is 0 Å². The molecule has 1 aromatic heterocycles. The number of hydrogen-bond acceptors (Lipinski definition) is 10. The molecular formula is C20H14ClF3N4O7S2. The number of hydrogen-bond donors (Lipinski definition) is 2. The summed E-state index contributed by atoms with van der Waals surface area (Å²) in [6, 6.07) is 8.88. The zero-order valence-corrected chi connectivity index (χ0v) is 20.7. The SMILES string of the molecule is COC(=O)[C@@](NC(=O)c1ccccc1Cl)(Nc1ncc(S(=O)(=O)c2ccc([N+](=O)[O-])cc2)s1)C(F)(F)F. The predicted molar refractivity (Wildman–Crippen MR) is 124 cm³/mol. The molecule has 0 spiro atoms. The number of nitrogens with zero attached hydrogens (tertiary/aromatic N) is 2. The Bertz CT molecular complexity index is 1460. The second-order valence-electron chi connectivity index (χ2n) is 7.04. The molecule has 196 valence electrons. The van der Waals surface area contributed by atoms with Crippen LogP contribution in [0.1, 0.15) is 10.4 Å². The van der Waals surface area contributed by atoms with Crippen molar-refractivity contribution < 1.29 is 40.8 Å². The summed E-state index contributed by atoms with van der Waals surface area (Å²) in [6.07, 6.45) is -4.79. The molecule has 2 aromatic carbocycles. The molecular weight excluding hydrogens is 565 g/mol. The lowest BCUT2D eigenvalue weighted by atomic mass is 10.1. The van der Waals surface area contributed by atoms with Gasteiger partial charge in [0.2, 0.25) is 9.84 Å². The number of halogens is 4. The van der Waals surface area contributed by atoms with Gasteiger partial charge in [-0.15, -0.1) is 0 Å². The monoisotopic (exact) mass is 578 g/mol. The standard InChI is InChI=1S/C20H14ClF3N4O7S2/c1-35-17(30)19(20(22,23)24,26-16(29)13-4-2-3-5-14(13)21)27-18-25-10-15(36-18)37(33,34)12-8-6-11(7-9-12)28(31)32/h2-10H,1H3,(H,25,27)(H,26,29)/t19-/m1/s1. The number of nitro groups is 1. The molecule has 11 nitrogen and oxygen atoms in total. The summed E-state index contributed by atoms with van der Waals surface area (Å²) < 4.78 is 72.3. The molecule has 1 heterocycles. The first-order valence-corrected chi connectivity index (χ1v) is 12.4. The van der Waals surface area contributed by atoms with Gasteiger partial charge in [-0.25, -0.2) is 18.2 Å². The highest BCUT2D eigenvalue weighted by molar-refractivity contribution is 7.93. The van der Waals surface area contributed by atoms with E-state index in [9.17, 15) is 41.3 Å². The van der Waals surface area contributed by atoms with Gasteiger partial charge in [-0.05, 0) is 24.3 Å². The van der Waals surface area contributed by atoms with Gasteiger partial charge in [0, 0.05) is 12.1 Å². The number of non-ortho nitro benzene ring substituents is 1. The molecule has 0 fully saturated rings. The molecule has 37 heavy (non-hydrogen) atoms. The number of alkyl halides is 3. The van der Waals surface area contributed by atoms with Gasteiger partial charge in [0.05, 0.1) is 33.7 Å². The van der Waals surface area contributed by atoms with Crippen LogP contribution in [0, 0.1) is 10.1 Å². The maximum Gasteiger partial charge on any atom is 0.442 e. The van der Waals surface area contributed by atoms with Crippen molar-refractivity contribution in [1.82, 2.24) is 10.3 Å². The van der Waals surface area contributed by atoms with Crippen molar-refractivity contribution in [3.8, 4) is 0 Å². The number of amides is 1. The molecule has 3 rings (SSSR count). The van der Waals surface area contributed by atoms with Crippen LogP contribution in [0.2, 0.25) is 5.02 Å². The smallest absolute Gasteiger partial charge is 0.442 e. The number of nitrogens with one attached hydrogen (secondary N) is 2. The summed E-state index contributed by atoms with van der Waals surface area (Å²) in [5, 5.41) is 13.2. The molecule has 0 aliphatic carbocycles. The average molecular weight is 579 g/mol. The van der Waals surface area contributed by atoms with Crippen molar-refractivity contribution in [1.29, 1.82) is 0 Å². The minimum atomic E-state index is -5.51. The summed E-state index contributed by atoms with van der Waals surface area (Å²) >= 11 is 6.09. The largest absolute Gasteiger partial charge is 0.466 e. The van der Waals surface area contributed by atoms with Gasteiger partial charge in [-0.1, -0.05) is 35.1 Å². The van der Waals surface area contributed by atoms with Crippen molar-refractivity contribution in [2.24, 2.45) is 0 Å². The van der Waals surface area contributed by atoms with E-state index in [1.165, 1.54) is 18.2 Å². The number of aromatic nitrogens is 1. The van der Waals surface area contributed by atoms with Gasteiger partial charge in [-0.3, -0.25) is 14.9 Å². The zero-order valence-electron chi connectivity index (χ0n) is 18.3. The highest BCUT2D eigenvalue weighted by Crippen LogP contribution is 2.36. The minimum absolute atomic E-state index is 0.202. The molecule has 1 amide bonds. The average Bonchev–Trinajstić information content (AvgIpc) is 3.32. The van der Waals surface area contributed by atoms with Crippen LogP contribution in [0.4, 0.5) is 24.0 Å². The third kappa shape index (κ3) is 5.50. The van der Waals surface area contributed by atoms with E-state index in [-0.39, 0.29) is 27.6 Å². The number of benzene rings is 2. The van der Waals surface area contributed by atoms with Gasteiger partial charge < -0.3 is 15.4 Å². The molecule has 2 N–H and O–H groups in total. The zero-order chi connectivity index (χ0) is 27.6. The topological polar surface area (TPSA) is 158 Å². The van der Waals surface area contributed by atoms with E-state index in [2.05, 4.69) is 9.72 Å². The summed E-state index contributed by atoms with van der Waals surface area (Å²) in [5.41, 5.74) is -4.65. The minimum Gasteiger partial charge on any atom is -0.466 e. The Labute approximate surface area is 215 Å². The molecule has 0 unspecified atom stereocenters. The Kier molecular flexibility index (Phi) is 7.75. The number of sulfone groups is 1. The summed E-state index contributed by atoms with van der Waals surface area (Å²) in [7, 11) is -3.71. The van der Waals surface area contributed by atoms with E-state index in [0.29, 0.717) is 7.11 Å². The number of esters is 1. The van der Waals surface area contributed by atoms with E-state index < -0.39 is 52.7 Å². The normalized spacial score (nSPS) is 13.3. The molecule has 0 radical (unpaired) electrons. The Morgan fingerprint density at radius 1 is 1.14 bits per heavy atom. The third-order valence-electron chi connectivity index (χ3n) is 4.74. The van der Waals surface area contributed by atoms with E-state index in [1.807, 2.05) is 0 Å². The molecule has 0 saturated heterocycles. The van der Waals surface area contributed by atoms with Crippen molar-refractivity contribution in [3.05, 3.63) is 75.4 Å². The molecule has 17 heteroatoms. The quantitative estimate of drug-likeness (QED) is 0.175. The Morgan fingerprint density at radius 2 is 1.76 bits per heavy atom. The fourth-order valence-corrected chi connectivity index (χ4v) is 5.60. The first-order chi connectivity index (χ1) is 17.2. The fourth-order valence-electron chi connectivity index (χ4n) is 2.89. The summed E-state index contributed by atoms with van der Waals surface area (Å²) in [6.45, 7) is 0. The van der Waals surface area contributed by atoms with Crippen molar-refractivity contribution >= 4 is 55.5 Å². The number of methoxy groups -OCH3 is 1. The second kappa shape index (κ2) is 10.3. The van der Waals surface area contributed by atoms with Gasteiger partial charge in [0.1, 0.15) is 4.21 Å². The molecule has 3 aromatic rings. The lowest BCUT2D eigenvalue weighted by Gasteiger charge is -2.34. The first kappa shape index (κ1) is 27.8. The second-order valence-corrected chi connectivity index (χ2v) is 10.7. The van der Waals surface area contributed by atoms with Gasteiger partial charge in [0.15, 0.2) is 5.13 Å². The number of nitro benzene ring substituents is 1. The Hall–Kier alpha value is -3.76. The van der Waals surface area contributed by atoms with E-state index >= 15 is 0 Å². The van der Waals surface area contributed by atoms with Crippen LogP contribution < -0.4 is 10.6 Å². The molecule has 0 aliphatic heterocycles. The van der Waals surface area contributed by atoms with Crippen LogP contribution in [-0.2, 0) is 19.4 Å². The van der Waals surface area contributed by atoms with Crippen molar-refractivity contribution in [2.75, 3.05) is 12.4 Å². The highest BCUT2D eigenvalue weighted by Gasteiger charge is 2.64. The lowest BCUT2D eigenvalue weighted by Crippen LogP contribution is -2.69. The maximum atomic E-state index is 14.3. The molecule has 0 bridgehead atoms. The number of anilines is 1. The summed E-state index contributed by atoms with van der Waals surface area (Å²) in [5.74, 6) is -3.37. The fraction of sp³-hybridized carbons (Fsp3) is 0.150. The Morgan fingerprint density at radius 3 is 2.30 bits per heavy atom.